The Bertz CT molecular complexity index is 1240. The van der Waals surface area contributed by atoms with E-state index in [0.29, 0.717) is 33.5 Å². The highest BCUT2D eigenvalue weighted by atomic mass is 35.5. The average molecular weight is 475 g/mol. The Morgan fingerprint density at radius 1 is 1.22 bits per heavy atom. The van der Waals surface area contributed by atoms with Crippen molar-refractivity contribution < 1.29 is 17.9 Å². The number of carbonyl (C=O) groups excluding carboxylic acids is 1. The summed E-state index contributed by atoms with van der Waals surface area (Å²) in [5.74, 6) is 0.895. The van der Waals surface area contributed by atoms with E-state index in [0.717, 1.165) is 6.54 Å². The Hall–Kier alpha value is -2.88. The molecule has 0 radical (unpaired) electrons. The van der Waals surface area contributed by atoms with Gasteiger partial charge >= 0.3 is 0 Å². The molecule has 0 saturated heterocycles. The molecule has 8 nitrogen and oxygen atoms in total. The summed E-state index contributed by atoms with van der Waals surface area (Å²) in [5.41, 5.74) is 1.37. The molecule has 2 aromatic carbocycles. The van der Waals surface area contributed by atoms with Gasteiger partial charge in [0, 0.05) is 22.8 Å². The number of nitrogens with two attached hydrogens (primary N) is 1. The fraction of sp³-hybridized carbons (Fsp3) is 0.273. The molecule has 1 aliphatic rings. The number of sulfonamides is 1. The number of amides is 1. The molecular weight excluding hydrogens is 452 g/mol. The van der Waals surface area contributed by atoms with Crippen molar-refractivity contribution in [2.45, 2.75) is 37.3 Å². The summed E-state index contributed by atoms with van der Waals surface area (Å²) in [4.78, 5) is 12.3. The van der Waals surface area contributed by atoms with Crippen molar-refractivity contribution >= 4 is 33.2 Å². The maximum Gasteiger partial charge on any atom is 0.238 e. The Morgan fingerprint density at radius 3 is 2.72 bits per heavy atom. The number of benzene rings is 2. The molecule has 0 aliphatic heterocycles. The van der Waals surface area contributed by atoms with Crippen LogP contribution in [0.1, 0.15) is 24.0 Å². The topological polar surface area (TPSA) is 116 Å². The molecule has 32 heavy (non-hydrogen) atoms. The van der Waals surface area contributed by atoms with Crippen LogP contribution in [-0.2, 0) is 34.4 Å². The molecule has 168 valence electrons. The molecule has 0 bridgehead atoms. The van der Waals surface area contributed by atoms with Gasteiger partial charge < -0.3 is 10.1 Å². The molecule has 1 fully saturated rings. The van der Waals surface area contributed by atoms with Gasteiger partial charge in [-0.15, -0.1) is 0 Å². The first kappa shape index (κ1) is 22.3. The monoisotopic (exact) mass is 474 g/mol. The van der Waals surface area contributed by atoms with E-state index in [4.69, 9.17) is 21.5 Å². The average Bonchev–Trinajstić information content (AvgIpc) is 3.44. The normalized spacial score (nSPS) is 13.7. The number of hydrogen-bond donors (Lipinski definition) is 2. The van der Waals surface area contributed by atoms with Gasteiger partial charge in [0.05, 0.1) is 23.7 Å². The largest absolute Gasteiger partial charge is 0.486 e. The lowest BCUT2D eigenvalue weighted by atomic mass is 10.1. The number of aromatic nitrogens is 2. The first-order valence-corrected chi connectivity index (χ1v) is 12.0. The maximum atomic E-state index is 12.4. The van der Waals surface area contributed by atoms with E-state index < -0.39 is 10.0 Å². The zero-order chi connectivity index (χ0) is 22.7. The zero-order valence-electron chi connectivity index (χ0n) is 17.2. The lowest BCUT2D eigenvalue weighted by Crippen LogP contribution is -2.18. The molecule has 1 heterocycles. The zero-order valence-corrected chi connectivity index (χ0v) is 18.8. The van der Waals surface area contributed by atoms with Crippen LogP contribution in [0.25, 0.3) is 0 Å². The van der Waals surface area contributed by atoms with Gasteiger partial charge in [0.2, 0.25) is 15.9 Å². The van der Waals surface area contributed by atoms with Crippen molar-refractivity contribution in [3.05, 3.63) is 71.0 Å². The van der Waals surface area contributed by atoms with Gasteiger partial charge in [0.25, 0.3) is 0 Å². The van der Waals surface area contributed by atoms with Gasteiger partial charge in [-0.2, -0.15) is 5.10 Å². The van der Waals surface area contributed by atoms with E-state index >= 15 is 0 Å². The molecule has 1 aromatic heterocycles. The maximum absolute atomic E-state index is 12.4. The van der Waals surface area contributed by atoms with Crippen LogP contribution in [0.15, 0.2) is 59.8 Å². The third-order valence-corrected chi connectivity index (χ3v) is 6.47. The number of hydrogen-bond acceptors (Lipinski definition) is 5. The van der Waals surface area contributed by atoms with Gasteiger partial charge in [0.1, 0.15) is 6.61 Å². The van der Waals surface area contributed by atoms with Crippen LogP contribution < -0.4 is 15.2 Å². The Morgan fingerprint density at radius 2 is 2.00 bits per heavy atom. The third-order valence-electron chi connectivity index (χ3n) is 5.11. The van der Waals surface area contributed by atoms with Gasteiger partial charge in [-0.05, 0) is 42.5 Å². The standard InChI is InChI=1S/C22H23ClN4O4S/c23-20-4-2-1-3-16(20)9-22(28)26-18-8-7-17(21(10-18)32(24,29)30)14-31-19-11-25-27(13-19)12-15-5-6-15/h1-4,7-8,10-11,13,15H,5-6,9,12,14H2,(H,26,28)(H2,24,29,30). The van der Waals surface area contributed by atoms with Crippen molar-refractivity contribution in [3.8, 4) is 5.75 Å². The van der Waals surface area contributed by atoms with Crippen molar-refractivity contribution in [1.82, 2.24) is 9.78 Å². The van der Waals surface area contributed by atoms with E-state index in [1.807, 2.05) is 4.68 Å². The molecule has 0 atom stereocenters. The van der Waals surface area contributed by atoms with E-state index in [1.165, 1.54) is 18.9 Å². The minimum atomic E-state index is -4.04. The summed E-state index contributed by atoms with van der Waals surface area (Å²) in [6.45, 7) is 0.850. The van der Waals surface area contributed by atoms with Crippen LogP contribution in [0.3, 0.4) is 0 Å². The molecule has 1 amide bonds. The smallest absolute Gasteiger partial charge is 0.238 e. The summed E-state index contributed by atoms with van der Waals surface area (Å²) in [6, 6.07) is 11.5. The second-order valence-electron chi connectivity index (χ2n) is 7.81. The highest BCUT2D eigenvalue weighted by Crippen LogP contribution is 2.30. The number of nitrogens with one attached hydrogen (secondary N) is 1. The highest BCUT2D eigenvalue weighted by molar-refractivity contribution is 7.89. The summed E-state index contributed by atoms with van der Waals surface area (Å²) < 4.78 is 31.8. The molecule has 10 heteroatoms. The Labute approximate surface area is 191 Å². The van der Waals surface area contributed by atoms with E-state index in [9.17, 15) is 13.2 Å². The van der Waals surface area contributed by atoms with Gasteiger partial charge in [-0.3, -0.25) is 9.48 Å². The van der Waals surface area contributed by atoms with Crippen LogP contribution in [0.4, 0.5) is 5.69 Å². The molecule has 1 saturated carbocycles. The number of carbonyl (C=O) groups is 1. The summed E-state index contributed by atoms with van der Waals surface area (Å²) in [5, 5.41) is 12.8. The molecular formula is C22H23ClN4O4S. The molecule has 0 spiro atoms. The Kier molecular flexibility index (Phi) is 6.50. The lowest BCUT2D eigenvalue weighted by Gasteiger charge is -2.12. The third kappa shape index (κ3) is 5.87. The molecule has 3 aromatic rings. The Balaban J connectivity index is 1.44. The van der Waals surface area contributed by atoms with Crippen molar-refractivity contribution in [1.29, 1.82) is 0 Å². The summed E-state index contributed by atoms with van der Waals surface area (Å²) in [7, 11) is -4.04. The summed E-state index contributed by atoms with van der Waals surface area (Å²) >= 11 is 6.10. The molecule has 3 N–H and O–H groups in total. The number of primary sulfonamides is 1. The molecule has 4 rings (SSSR count). The molecule has 1 aliphatic carbocycles. The SMILES string of the molecule is NS(=O)(=O)c1cc(NC(=O)Cc2ccccc2Cl)ccc1COc1cnn(CC2CC2)c1. The van der Waals surface area contributed by atoms with Gasteiger partial charge in [0.15, 0.2) is 5.75 Å². The minimum absolute atomic E-state index is 0.00522. The van der Waals surface area contributed by atoms with Gasteiger partial charge in [-0.25, -0.2) is 13.6 Å². The highest BCUT2D eigenvalue weighted by Gasteiger charge is 2.22. The number of ether oxygens (including phenoxy) is 1. The predicted molar refractivity (Wildman–Crippen MR) is 121 cm³/mol. The van der Waals surface area contributed by atoms with Crippen molar-refractivity contribution in [2.75, 3.05) is 5.32 Å². The first-order valence-electron chi connectivity index (χ1n) is 10.1. The number of halogens is 1. The lowest BCUT2D eigenvalue weighted by molar-refractivity contribution is -0.115. The van der Waals surface area contributed by atoms with Crippen molar-refractivity contribution in [2.24, 2.45) is 11.1 Å². The quantitative estimate of drug-likeness (QED) is 0.493. The number of rotatable bonds is 9. The molecule has 0 unspecified atom stereocenters. The van der Waals surface area contributed by atoms with Crippen LogP contribution in [0.5, 0.6) is 5.75 Å². The van der Waals surface area contributed by atoms with E-state index in [1.54, 1.807) is 48.8 Å². The fourth-order valence-electron chi connectivity index (χ4n) is 3.28. The van der Waals surface area contributed by atoms with Crippen LogP contribution in [0, 0.1) is 5.92 Å². The van der Waals surface area contributed by atoms with Crippen LogP contribution >= 0.6 is 11.6 Å². The number of anilines is 1. The second kappa shape index (κ2) is 9.32. The van der Waals surface area contributed by atoms with E-state index in [-0.39, 0.29) is 23.8 Å². The minimum Gasteiger partial charge on any atom is -0.486 e. The predicted octanol–water partition coefficient (Wildman–Crippen LogP) is 3.35. The first-order chi connectivity index (χ1) is 15.3. The van der Waals surface area contributed by atoms with Crippen LogP contribution in [-0.4, -0.2) is 24.1 Å². The van der Waals surface area contributed by atoms with Crippen molar-refractivity contribution in [3.63, 3.8) is 0 Å². The van der Waals surface area contributed by atoms with Gasteiger partial charge in [-0.1, -0.05) is 35.9 Å². The van der Waals surface area contributed by atoms with E-state index in [2.05, 4.69) is 10.4 Å². The summed E-state index contributed by atoms with van der Waals surface area (Å²) in [6.07, 6.45) is 5.88. The number of nitrogens with zero attached hydrogens (tertiary/aromatic N) is 2. The fourth-order valence-corrected chi connectivity index (χ4v) is 4.27. The van der Waals surface area contributed by atoms with Crippen LogP contribution in [0.2, 0.25) is 5.02 Å². The second-order valence-corrected chi connectivity index (χ2v) is 9.75.